The lowest BCUT2D eigenvalue weighted by Crippen LogP contribution is -2.38. The molecule has 18 heavy (non-hydrogen) atoms. The molecule has 6 heteroatoms. The topological polar surface area (TPSA) is 82.0 Å². The molecule has 1 amide bonds. The quantitative estimate of drug-likeness (QED) is 0.510. The molecule has 0 unspecified atom stereocenters. The van der Waals surface area contributed by atoms with Crippen LogP contribution in [0.5, 0.6) is 0 Å². The summed E-state index contributed by atoms with van der Waals surface area (Å²) in [5.74, 6) is -0.314. The molecule has 0 bridgehead atoms. The lowest BCUT2D eigenvalue weighted by molar-refractivity contribution is -0.868. The van der Waals surface area contributed by atoms with Crippen molar-refractivity contribution in [2.45, 2.75) is 6.42 Å². The van der Waals surface area contributed by atoms with Crippen LogP contribution >= 0.6 is 0 Å². The Morgan fingerprint density at radius 1 is 1.28 bits per heavy atom. The van der Waals surface area contributed by atoms with Gasteiger partial charge in [-0.2, -0.15) is 0 Å². The van der Waals surface area contributed by atoms with Gasteiger partial charge in [-0.25, -0.2) is 0 Å². The minimum absolute atomic E-state index is 0. The number of primary amides is 1. The van der Waals surface area contributed by atoms with Gasteiger partial charge in [0.2, 0.25) is 5.91 Å². The molecule has 1 heterocycles. The van der Waals surface area contributed by atoms with Gasteiger partial charge >= 0.3 is 0 Å². The summed E-state index contributed by atoms with van der Waals surface area (Å²) in [6, 6.07) is 3.54. The number of nitrogens with two attached hydrogens (primary N) is 2. The molecular formula is C12H26BN4O+. The van der Waals surface area contributed by atoms with E-state index in [1.54, 1.807) is 24.5 Å². The van der Waals surface area contributed by atoms with E-state index in [-0.39, 0.29) is 14.3 Å². The number of likely N-dealkylation sites (N-methyl/N-ethyl adjacent to an activating group) is 1. The Morgan fingerprint density at radius 2 is 1.78 bits per heavy atom. The van der Waals surface area contributed by atoms with Gasteiger partial charge in [-0.05, 0) is 17.7 Å². The second-order valence-corrected chi connectivity index (χ2v) is 4.80. The van der Waals surface area contributed by atoms with Crippen molar-refractivity contribution in [3.05, 3.63) is 30.1 Å². The fourth-order valence-corrected chi connectivity index (χ4v) is 1.09. The molecule has 0 aromatic carbocycles. The minimum atomic E-state index is -0.314. The van der Waals surface area contributed by atoms with E-state index in [0.717, 1.165) is 23.1 Å². The third-order valence-electron chi connectivity index (χ3n) is 1.93. The summed E-state index contributed by atoms with van der Waals surface area (Å²) in [6.45, 7) is 1.84. The molecular weight excluding hydrogens is 227 g/mol. The molecule has 0 radical (unpaired) electrons. The third kappa shape index (κ3) is 12.7. The number of aromatic nitrogens is 1. The number of carbonyl (C=O) groups is 1. The zero-order valence-corrected chi connectivity index (χ0v) is 10.9. The van der Waals surface area contributed by atoms with Crippen LogP contribution in [-0.2, 0) is 11.2 Å². The Balaban J connectivity index is 0. The monoisotopic (exact) mass is 253 g/mol. The van der Waals surface area contributed by atoms with Crippen molar-refractivity contribution in [3.8, 4) is 0 Å². The normalized spacial score (nSPS) is 9.78. The Bertz CT molecular complexity index is 325. The van der Waals surface area contributed by atoms with Crippen molar-refractivity contribution in [1.29, 1.82) is 0 Å². The Kier molecular flexibility index (Phi) is 10.1. The molecule has 1 rings (SSSR count). The lowest BCUT2D eigenvalue weighted by atomic mass is 10.2. The van der Waals surface area contributed by atoms with E-state index in [4.69, 9.17) is 11.5 Å². The van der Waals surface area contributed by atoms with Crippen molar-refractivity contribution in [2.75, 3.05) is 34.2 Å². The van der Waals surface area contributed by atoms with Crippen LogP contribution in [0.25, 0.3) is 0 Å². The first-order chi connectivity index (χ1) is 7.85. The van der Waals surface area contributed by atoms with Gasteiger partial charge in [0.05, 0.1) is 42.5 Å². The first-order valence-electron chi connectivity index (χ1n) is 5.53. The molecule has 1 aromatic heterocycles. The molecule has 0 spiro atoms. The van der Waals surface area contributed by atoms with Crippen molar-refractivity contribution in [3.63, 3.8) is 0 Å². The third-order valence-corrected chi connectivity index (χ3v) is 1.93. The summed E-state index contributed by atoms with van der Waals surface area (Å²) >= 11 is 0. The summed E-state index contributed by atoms with van der Waals surface area (Å²) in [7, 11) is 6.40. The first-order valence-corrected chi connectivity index (χ1v) is 5.53. The molecule has 1 aromatic rings. The van der Waals surface area contributed by atoms with Crippen LogP contribution in [0.1, 0.15) is 5.56 Å². The molecule has 0 atom stereocenters. The number of carbonyl (C=O) groups excluding carboxylic acids is 1. The van der Waals surface area contributed by atoms with Gasteiger partial charge in [0.1, 0.15) is 0 Å². The Morgan fingerprint density at radius 3 is 2.06 bits per heavy atom. The summed E-state index contributed by atoms with van der Waals surface area (Å²) < 4.78 is 0.969. The Labute approximate surface area is 111 Å². The molecule has 5 nitrogen and oxygen atoms in total. The van der Waals surface area contributed by atoms with E-state index in [9.17, 15) is 4.79 Å². The number of hydrogen-bond donors (Lipinski definition) is 2. The van der Waals surface area contributed by atoms with Crippen LogP contribution in [0.2, 0.25) is 0 Å². The molecule has 0 aliphatic heterocycles. The highest BCUT2D eigenvalue weighted by atomic mass is 16.1. The van der Waals surface area contributed by atoms with Crippen LogP contribution < -0.4 is 11.5 Å². The van der Waals surface area contributed by atoms with Crippen molar-refractivity contribution in [1.82, 2.24) is 4.98 Å². The van der Waals surface area contributed by atoms with Crippen LogP contribution in [0, 0.1) is 0 Å². The fourth-order valence-electron chi connectivity index (χ4n) is 1.09. The van der Waals surface area contributed by atoms with Gasteiger partial charge in [-0.1, -0.05) is 0 Å². The van der Waals surface area contributed by atoms with Gasteiger partial charge < -0.3 is 16.0 Å². The zero-order valence-electron chi connectivity index (χ0n) is 10.9. The van der Waals surface area contributed by atoms with Crippen molar-refractivity contribution >= 4 is 14.3 Å². The highest BCUT2D eigenvalue weighted by Gasteiger charge is 2.01. The Hall–Kier alpha value is -1.40. The SMILES string of the molecule is B.C[N+](C)(C)CCN.NC(=O)Cc1ccncc1. The van der Waals surface area contributed by atoms with Crippen LogP contribution in [0.3, 0.4) is 0 Å². The first kappa shape index (κ1) is 19.0. The zero-order chi connectivity index (χ0) is 13.3. The molecule has 0 aliphatic rings. The number of hydrogen-bond acceptors (Lipinski definition) is 3. The highest BCUT2D eigenvalue weighted by molar-refractivity contribution is 5.76. The van der Waals surface area contributed by atoms with E-state index in [1.807, 2.05) is 0 Å². The van der Waals surface area contributed by atoms with Gasteiger partial charge in [0, 0.05) is 18.9 Å². The minimum Gasteiger partial charge on any atom is -0.369 e. The number of amides is 1. The van der Waals surface area contributed by atoms with Gasteiger partial charge in [-0.3, -0.25) is 9.78 Å². The molecule has 0 aliphatic carbocycles. The van der Waals surface area contributed by atoms with Crippen LogP contribution in [0.15, 0.2) is 24.5 Å². The van der Waals surface area contributed by atoms with Gasteiger partial charge in [0.25, 0.3) is 0 Å². The second-order valence-electron chi connectivity index (χ2n) is 4.80. The van der Waals surface area contributed by atoms with E-state index >= 15 is 0 Å². The largest absolute Gasteiger partial charge is 0.369 e. The fraction of sp³-hybridized carbons (Fsp3) is 0.500. The summed E-state index contributed by atoms with van der Waals surface area (Å²) in [6.07, 6.45) is 3.57. The van der Waals surface area contributed by atoms with E-state index in [1.165, 1.54) is 0 Å². The summed E-state index contributed by atoms with van der Waals surface area (Å²) in [4.78, 5) is 14.2. The molecule has 0 fully saturated rings. The predicted molar refractivity (Wildman–Crippen MR) is 79.0 cm³/mol. The maximum Gasteiger partial charge on any atom is 0.221 e. The lowest BCUT2D eigenvalue weighted by Gasteiger charge is -2.22. The van der Waals surface area contributed by atoms with Crippen LogP contribution in [-0.4, -0.2) is 58.0 Å². The van der Waals surface area contributed by atoms with E-state index < -0.39 is 0 Å². The number of pyridine rings is 1. The van der Waals surface area contributed by atoms with Crippen molar-refractivity contribution in [2.24, 2.45) is 11.5 Å². The van der Waals surface area contributed by atoms with Crippen LogP contribution in [0.4, 0.5) is 0 Å². The van der Waals surface area contributed by atoms with E-state index in [0.29, 0.717) is 6.42 Å². The average Bonchev–Trinajstić information content (AvgIpc) is 2.17. The number of nitrogens with zero attached hydrogens (tertiary/aromatic N) is 2. The van der Waals surface area contributed by atoms with Crippen molar-refractivity contribution < 1.29 is 9.28 Å². The molecule has 4 N–H and O–H groups in total. The second kappa shape index (κ2) is 9.62. The van der Waals surface area contributed by atoms with E-state index in [2.05, 4.69) is 26.1 Å². The van der Waals surface area contributed by atoms with Gasteiger partial charge in [-0.15, -0.1) is 0 Å². The highest BCUT2D eigenvalue weighted by Crippen LogP contribution is 1.95. The summed E-state index contributed by atoms with van der Waals surface area (Å²) in [5, 5.41) is 0. The molecule has 0 saturated heterocycles. The number of quaternary nitrogens is 1. The predicted octanol–water partition coefficient (Wildman–Crippen LogP) is -1.42. The maximum absolute atomic E-state index is 10.4. The molecule has 0 saturated carbocycles. The average molecular weight is 253 g/mol. The number of rotatable bonds is 4. The summed E-state index contributed by atoms with van der Waals surface area (Å²) in [5.41, 5.74) is 11.2. The standard InChI is InChI=1S/C7H8N2O.C5H15N2.BH3/c8-7(10)5-6-1-3-9-4-2-6;1-7(2,3)5-4-6;/h1-4H,5H2,(H2,8,10);4-6H2,1-3H3;1H3/q;+1;. The smallest absolute Gasteiger partial charge is 0.221 e. The molecule has 102 valence electrons. The van der Waals surface area contributed by atoms with Gasteiger partial charge in [0.15, 0.2) is 0 Å². The maximum atomic E-state index is 10.4.